The van der Waals surface area contributed by atoms with Crippen LogP contribution in [0, 0.1) is 5.92 Å². The van der Waals surface area contributed by atoms with Crippen LogP contribution in [0.3, 0.4) is 0 Å². The first kappa shape index (κ1) is 14.3. The number of likely N-dealkylation sites (tertiary alicyclic amines) is 1. The van der Waals surface area contributed by atoms with Crippen LogP contribution in [-0.2, 0) is 0 Å². The van der Waals surface area contributed by atoms with Crippen molar-refractivity contribution in [1.29, 1.82) is 0 Å². The fourth-order valence-electron chi connectivity index (χ4n) is 3.80. The van der Waals surface area contributed by atoms with Crippen LogP contribution in [0.5, 0.6) is 0 Å². The summed E-state index contributed by atoms with van der Waals surface area (Å²) in [7, 11) is 0. The molecule has 2 nitrogen and oxygen atoms in total. The lowest BCUT2D eigenvalue weighted by molar-refractivity contribution is 0.103. The van der Waals surface area contributed by atoms with Crippen LogP contribution in [0.2, 0.25) is 0 Å². The summed E-state index contributed by atoms with van der Waals surface area (Å²) in [4.78, 5) is 2.81. The molecule has 2 atom stereocenters. The van der Waals surface area contributed by atoms with Crippen molar-refractivity contribution in [3.8, 4) is 0 Å². The van der Waals surface area contributed by atoms with Gasteiger partial charge < -0.3 is 10.2 Å². The molecule has 1 aliphatic carbocycles. The quantitative estimate of drug-likeness (QED) is 0.771. The van der Waals surface area contributed by atoms with Gasteiger partial charge in [0.25, 0.3) is 0 Å². The van der Waals surface area contributed by atoms with Crippen molar-refractivity contribution in [3.63, 3.8) is 0 Å². The van der Waals surface area contributed by atoms with Crippen LogP contribution >= 0.6 is 0 Å². The number of nitrogens with one attached hydrogen (secondary N) is 1. The van der Waals surface area contributed by atoms with Crippen molar-refractivity contribution < 1.29 is 0 Å². The van der Waals surface area contributed by atoms with E-state index < -0.39 is 0 Å². The van der Waals surface area contributed by atoms with Crippen LogP contribution in [0.4, 0.5) is 0 Å². The van der Waals surface area contributed by atoms with E-state index in [4.69, 9.17) is 0 Å². The molecule has 0 spiro atoms. The summed E-state index contributed by atoms with van der Waals surface area (Å²) in [5.74, 6) is 0.924. The third-order valence-electron chi connectivity index (χ3n) is 5.00. The zero-order valence-electron chi connectivity index (χ0n) is 12.5. The Morgan fingerprint density at radius 3 is 2.44 bits per heavy atom. The Kier molecular flexibility index (Phi) is 5.97. The van der Waals surface area contributed by atoms with E-state index in [0.29, 0.717) is 0 Å². The summed E-state index contributed by atoms with van der Waals surface area (Å²) in [5, 5.41) is 3.69. The number of hydrogen-bond donors (Lipinski definition) is 1. The largest absolute Gasteiger partial charge is 0.314 e. The van der Waals surface area contributed by atoms with Gasteiger partial charge in [-0.2, -0.15) is 0 Å². The van der Waals surface area contributed by atoms with E-state index in [2.05, 4.69) is 24.1 Å². The van der Waals surface area contributed by atoms with Gasteiger partial charge in [-0.25, -0.2) is 0 Å². The van der Waals surface area contributed by atoms with E-state index in [1.165, 1.54) is 71.0 Å². The molecular formula is C16H32N2. The van der Waals surface area contributed by atoms with E-state index >= 15 is 0 Å². The molecule has 1 N–H and O–H groups in total. The van der Waals surface area contributed by atoms with Gasteiger partial charge in [-0.3, -0.25) is 0 Å². The number of rotatable bonds is 4. The molecule has 106 valence electrons. The molecule has 1 saturated heterocycles. The van der Waals surface area contributed by atoms with E-state index in [9.17, 15) is 0 Å². The number of nitrogens with zero attached hydrogens (tertiary/aromatic N) is 1. The lowest BCUT2D eigenvalue weighted by Gasteiger charge is -2.40. The summed E-state index contributed by atoms with van der Waals surface area (Å²) in [6.07, 6.45) is 11.3. The Morgan fingerprint density at radius 2 is 1.72 bits per heavy atom. The Morgan fingerprint density at radius 1 is 1.00 bits per heavy atom. The Bertz CT molecular complexity index is 221. The minimum atomic E-state index is 0.794. The fraction of sp³-hybridized carbons (Fsp3) is 1.00. The minimum Gasteiger partial charge on any atom is -0.314 e. The molecule has 2 heteroatoms. The molecule has 0 aromatic rings. The van der Waals surface area contributed by atoms with Crippen LogP contribution in [0.15, 0.2) is 0 Å². The SMILES string of the molecule is CCCNC1CCN(C2CCCCCC2C)CC1. The molecule has 1 heterocycles. The second kappa shape index (κ2) is 7.49. The second-order valence-electron chi connectivity index (χ2n) is 6.45. The van der Waals surface area contributed by atoms with Gasteiger partial charge in [-0.1, -0.05) is 33.1 Å². The van der Waals surface area contributed by atoms with Crippen molar-refractivity contribution in [3.05, 3.63) is 0 Å². The van der Waals surface area contributed by atoms with Gasteiger partial charge in [-0.15, -0.1) is 0 Å². The standard InChI is InChI=1S/C16H32N2/c1-3-11-17-15-9-12-18(13-10-15)16-8-6-4-5-7-14(16)2/h14-17H,3-13H2,1-2H3. The predicted molar refractivity (Wildman–Crippen MR) is 78.9 cm³/mol. The first-order valence-electron chi connectivity index (χ1n) is 8.28. The highest BCUT2D eigenvalue weighted by atomic mass is 15.2. The highest BCUT2D eigenvalue weighted by Gasteiger charge is 2.28. The maximum absolute atomic E-state index is 3.69. The molecule has 1 saturated carbocycles. The van der Waals surface area contributed by atoms with Gasteiger partial charge in [0.15, 0.2) is 0 Å². The maximum atomic E-state index is 3.69. The summed E-state index contributed by atoms with van der Waals surface area (Å²) < 4.78 is 0. The summed E-state index contributed by atoms with van der Waals surface area (Å²) in [5.41, 5.74) is 0. The lowest BCUT2D eigenvalue weighted by Crippen LogP contribution is -2.48. The van der Waals surface area contributed by atoms with Crippen LogP contribution in [0.1, 0.15) is 65.2 Å². The van der Waals surface area contributed by atoms with Crippen LogP contribution in [-0.4, -0.2) is 36.6 Å². The third-order valence-corrected chi connectivity index (χ3v) is 5.00. The van der Waals surface area contributed by atoms with Crippen molar-refractivity contribution in [2.24, 2.45) is 5.92 Å². The molecule has 2 unspecified atom stereocenters. The summed E-state index contributed by atoms with van der Waals surface area (Å²) in [6, 6.07) is 1.68. The Hall–Kier alpha value is -0.0800. The lowest BCUT2D eigenvalue weighted by atomic mass is 9.92. The van der Waals surface area contributed by atoms with Crippen LogP contribution < -0.4 is 5.32 Å². The first-order valence-corrected chi connectivity index (χ1v) is 8.28. The van der Waals surface area contributed by atoms with Crippen molar-refractivity contribution in [2.75, 3.05) is 19.6 Å². The van der Waals surface area contributed by atoms with Gasteiger partial charge >= 0.3 is 0 Å². The molecule has 0 aromatic carbocycles. The highest BCUT2D eigenvalue weighted by molar-refractivity contribution is 4.85. The number of hydrogen-bond acceptors (Lipinski definition) is 2. The minimum absolute atomic E-state index is 0.794. The van der Waals surface area contributed by atoms with Gasteiger partial charge in [0.05, 0.1) is 0 Å². The molecule has 18 heavy (non-hydrogen) atoms. The van der Waals surface area contributed by atoms with Crippen molar-refractivity contribution in [2.45, 2.75) is 77.3 Å². The molecule has 2 aliphatic rings. The average Bonchev–Trinajstić information content (AvgIpc) is 2.62. The molecule has 1 aliphatic heterocycles. The van der Waals surface area contributed by atoms with E-state index in [1.807, 2.05) is 0 Å². The molecule has 0 amide bonds. The van der Waals surface area contributed by atoms with Gasteiger partial charge in [0, 0.05) is 12.1 Å². The zero-order valence-corrected chi connectivity index (χ0v) is 12.5. The van der Waals surface area contributed by atoms with Gasteiger partial charge in [0.2, 0.25) is 0 Å². The monoisotopic (exact) mass is 252 g/mol. The van der Waals surface area contributed by atoms with E-state index in [-0.39, 0.29) is 0 Å². The fourth-order valence-corrected chi connectivity index (χ4v) is 3.80. The van der Waals surface area contributed by atoms with E-state index in [0.717, 1.165) is 18.0 Å². The maximum Gasteiger partial charge on any atom is 0.0121 e. The number of piperidine rings is 1. The van der Waals surface area contributed by atoms with Gasteiger partial charge in [-0.05, 0) is 57.7 Å². The second-order valence-corrected chi connectivity index (χ2v) is 6.45. The summed E-state index contributed by atoms with van der Waals surface area (Å²) >= 11 is 0. The third kappa shape index (κ3) is 3.96. The molecule has 0 radical (unpaired) electrons. The molecule has 0 aromatic heterocycles. The first-order chi connectivity index (χ1) is 8.81. The van der Waals surface area contributed by atoms with Crippen molar-refractivity contribution >= 4 is 0 Å². The predicted octanol–water partition coefficient (Wildman–Crippen LogP) is 3.42. The van der Waals surface area contributed by atoms with E-state index in [1.54, 1.807) is 0 Å². The highest BCUT2D eigenvalue weighted by Crippen LogP contribution is 2.29. The van der Waals surface area contributed by atoms with Crippen LogP contribution in [0.25, 0.3) is 0 Å². The Balaban J connectivity index is 1.77. The molecule has 0 bridgehead atoms. The topological polar surface area (TPSA) is 15.3 Å². The summed E-state index contributed by atoms with van der Waals surface area (Å²) in [6.45, 7) is 8.60. The average molecular weight is 252 g/mol. The molecular weight excluding hydrogens is 220 g/mol. The normalized spacial score (nSPS) is 32.3. The molecule has 2 rings (SSSR count). The zero-order chi connectivity index (χ0) is 12.8. The molecule has 2 fully saturated rings. The smallest absolute Gasteiger partial charge is 0.0121 e. The van der Waals surface area contributed by atoms with Gasteiger partial charge in [0.1, 0.15) is 0 Å². The van der Waals surface area contributed by atoms with Crippen molar-refractivity contribution in [1.82, 2.24) is 10.2 Å². The Labute approximate surface area is 114 Å².